The van der Waals surface area contributed by atoms with Crippen molar-refractivity contribution in [3.05, 3.63) is 53.0 Å². The van der Waals surface area contributed by atoms with Crippen LogP contribution in [0.3, 0.4) is 0 Å². The third-order valence-electron chi connectivity index (χ3n) is 3.45. The second-order valence-electron chi connectivity index (χ2n) is 5.76. The second kappa shape index (κ2) is 9.67. The average molecular weight is 471 g/mol. The first-order valence-corrected chi connectivity index (χ1v) is 10.3. The molecule has 0 bridgehead atoms. The maximum absolute atomic E-state index is 12.0. The van der Waals surface area contributed by atoms with Gasteiger partial charge >= 0.3 is 5.97 Å². The number of hydrogen-bond donors (Lipinski definition) is 1. The number of nitrogens with zero attached hydrogens (tertiary/aromatic N) is 1. The van der Waals surface area contributed by atoms with Gasteiger partial charge in [-0.2, -0.15) is 0 Å². The molecule has 0 aliphatic heterocycles. The highest BCUT2D eigenvalue weighted by Gasteiger charge is 2.17. The van der Waals surface area contributed by atoms with Crippen LogP contribution in [0.4, 0.5) is 5.69 Å². The van der Waals surface area contributed by atoms with Crippen LogP contribution in [-0.4, -0.2) is 51.9 Å². The number of sulfonamides is 1. The quantitative estimate of drug-likeness (QED) is 0.593. The molecule has 0 aliphatic rings. The molecule has 2 rings (SSSR count). The number of hydrogen-bond acceptors (Lipinski definition) is 6. The molecule has 0 spiro atoms. The summed E-state index contributed by atoms with van der Waals surface area (Å²) in [6.45, 7) is -0.813. The number of ether oxygens (including phenoxy) is 2. The Labute approximate surface area is 171 Å². The summed E-state index contributed by atoms with van der Waals surface area (Å²) >= 11 is 3.29. The summed E-state index contributed by atoms with van der Waals surface area (Å²) < 4.78 is 36.0. The fourth-order valence-electron chi connectivity index (χ4n) is 1.98. The van der Waals surface area contributed by atoms with E-state index in [1.807, 2.05) is 0 Å². The minimum atomic E-state index is -3.54. The molecule has 0 unspecified atom stereocenters. The van der Waals surface area contributed by atoms with Crippen LogP contribution in [-0.2, 0) is 24.3 Å². The zero-order chi connectivity index (χ0) is 20.7. The Morgan fingerprint density at radius 3 is 2.18 bits per heavy atom. The van der Waals surface area contributed by atoms with Gasteiger partial charge in [-0.25, -0.2) is 17.5 Å². The lowest BCUT2D eigenvalue weighted by atomic mass is 10.3. The van der Waals surface area contributed by atoms with Crippen molar-refractivity contribution in [1.29, 1.82) is 0 Å². The van der Waals surface area contributed by atoms with E-state index in [2.05, 4.69) is 21.2 Å². The van der Waals surface area contributed by atoms with Crippen molar-refractivity contribution >= 4 is 43.5 Å². The highest BCUT2D eigenvalue weighted by atomic mass is 79.9. The number of benzene rings is 2. The molecule has 150 valence electrons. The van der Waals surface area contributed by atoms with Gasteiger partial charge in [0.1, 0.15) is 5.75 Å². The summed E-state index contributed by atoms with van der Waals surface area (Å²) in [5, 5.41) is 2.51. The Balaban J connectivity index is 1.79. The molecule has 0 heterocycles. The van der Waals surface area contributed by atoms with Crippen LogP contribution in [0.5, 0.6) is 5.75 Å². The number of nitrogens with one attached hydrogen (secondary N) is 1. The highest BCUT2D eigenvalue weighted by molar-refractivity contribution is 9.10. The van der Waals surface area contributed by atoms with Gasteiger partial charge in [-0.1, -0.05) is 15.9 Å². The van der Waals surface area contributed by atoms with E-state index < -0.39 is 28.5 Å². The first-order valence-electron chi connectivity index (χ1n) is 8.05. The average Bonchev–Trinajstić information content (AvgIpc) is 2.66. The van der Waals surface area contributed by atoms with Gasteiger partial charge in [0.15, 0.2) is 13.2 Å². The predicted molar refractivity (Wildman–Crippen MR) is 107 cm³/mol. The third kappa shape index (κ3) is 6.32. The van der Waals surface area contributed by atoms with E-state index in [-0.39, 0.29) is 11.5 Å². The SMILES string of the molecule is CN(C)S(=O)(=O)c1ccc(NC(=O)COC(=O)COc2ccc(Br)cc2)cc1. The molecule has 0 fully saturated rings. The first kappa shape index (κ1) is 21.9. The monoisotopic (exact) mass is 470 g/mol. The Morgan fingerprint density at radius 2 is 1.61 bits per heavy atom. The molecule has 1 amide bonds. The molecule has 0 saturated heterocycles. The van der Waals surface area contributed by atoms with Gasteiger partial charge in [-0.3, -0.25) is 4.79 Å². The molecular formula is C18H19BrN2O6S. The van der Waals surface area contributed by atoms with Crippen LogP contribution in [0.15, 0.2) is 57.9 Å². The summed E-state index contributed by atoms with van der Waals surface area (Å²) in [7, 11) is -0.680. The van der Waals surface area contributed by atoms with Crippen molar-refractivity contribution in [2.45, 2.75) is 4.90 Å². The lowest BCUT2D eigenvalue weighted by molar-refractivity contribution is -0.149. The second-order valence-corrected chi connectivity index (χ2v) is 8.83. The van der Waals surface area contributed by atoms with Crippen LogP contribution in [0.25, 0.3) is 0 Å². The van der Waals surface area contributed by atoms with Crippen molar-refractivity contribution in [2.24, 2.45) is 0 Å². The van der Waals surface area contributed by atoms with Crippen molar-refractivity contribution in [1.82, 2.24) is 4.31 Å². The molecular weight excluding hydrogens is 452 g/mol. The molecule has 0 radical (unpaired) electrons. The number of amides is 1. The Hall–Kier alpha value is -2.43. The molecule has 1 N–H and O–H groups in total. The molecule has 0 saturated carbocycles. The lowest BCUT2D eigenvalue weighted by Crippen LogP contribution is -2.24. The van der Waals surface area contributed by atoms with Crippen molar-refractivity contribution in [3.8, 4) is 5.75 Å². The fourth-order valence-corrected chi connectivity index (χ4v) is 3.14. The van der Waals surface area contributed by atoms with Crippen LogP contribution < -0.4 is 10.1 Å². The molecule has 2 aromatic rings. The molecule has 8 nitrogen and oxygen atoms in total. The van der Waals surface area contributed by atoms with Crippen LogP contribution in [0, 0.1) is 0 Å². The molecule has 0 atom stereocenters. The Morgan fingerprint density at radius 1 is 1.00 bits per heavy atom. The van der Waals surface area contributed by atoms with Crippen molar-refractivity contribution in [2.75, 3.05) is 32.6 Å². The minimum absolute atomic E-state index is 0.104. The van der Waals surface area contributed by atoms with Gasteiger partial charge < -0.3 is 14.8 Å². The van der Waals surface area contributed by atoms with Crippen molar-refractivity contribution < 1.29 is 27.5 Å². The zero-order valence-electron chi connectivity index (χ0n) is 15.2. The normalized spacial score (nSPS) is 11.1. The van der Waals surface area contributed by atoms with Crippen LogP contribution >= 0.6 is 15.9 Å². The van der Waals surface area contributed by atoms with Gasteiger partial charge in [-0.15, -0.1) is 0 Å². The number of carbonyl (C=O) groups excluding carboxylic acids is 2. The summed E-state index contributed by atoms with van der Waals surface area (Å²) in [5.74, 6) is -0.747. The molecule has 0 aliphatic carbocycles. The van der Waals surface area contributed by atoms with E-state index >= 15 is 0 Å². The highest BCUT2D eigenvalue weighted by Crippen LogP contribution is 2.17. The Kier molecular flexibility index (Phi) is 7.55. The van der Waals surface area contributed by atoms with E-state index in [0.717, 1.165) is 8.78 Å². The minimum Gasteiger partial charge on any atom is -0.482 e. The van der Waals surface area contributed by atoms with E-state index in [0.29, 0.717) is 11.4 Å². The molecule has 0 aromatic heterocycles. The third-order valence-corrected chi connectivity index (χ3v) is 5.81. The van der Waals surface area contributed by atoms with Crippen LogP contribution in [0.1, 0.15) is 0 Å². The smallest absolute Gasteiger partial charge is 0.344 e. The Bertz CT molecular complexity index is 928. The number of rotatable bonds is 8. The topological polar surface area (TPSA) is 102 Å². The van der Waals surface area contributed by atoms with Gasteiger partial charge in [0.2, 0.25) is 10.0 Å². The number of halogens is 1. The lowest BCUT2D eigenvalue weighted by Gasteiger charge is -2.12. The van der Waals surface area contributed by atoms with Gasteiger partial charge in [-0.05, 0) is 48.5 Å². The summed E-state index contributed by atoms with van der Waals surface area (Å²) in [5.41, 5.74) is 0.380. The van der Waals surface area contributed by atoms with E-state index in [9.17, 15) is 18.0 Å². The molecule has 28 heavy (non-hydrogen) atoms. The number of esters is 1. The van der Waals surface area contributed by atoms with Crippen LogP contribution in [0.2, 0.25) is 0 Å². The standard InChI is InChI=1S/C18H19BrN2O6S/c1-21(2)28(24,25)16-9-5-14(6-10-16)20-17(22)11-27-18(23)12-26-15-7-3-13(19)4-8-15/h3-10H,11-12H2,1-2H3,(H,20,22). The van der Waals surface area contributed by atoms with E-state index in [1.165, 1.54) is 38.4 Å². The first-order chi connectivity index (χ1) is 13.2. The van der Waals surface area contributed by atoms with E-state index in [1.54, 1.807) is 24.3 Å². The summed E-state index contributed by atoms with van der Waals surface area (Å²) in [4.78, 5) is 23.6. The zero-order valence-corrected chi connectivity index (χ0v) is 17.6. The maximum Gasteiger partial charge on any atom is 0.344 e. The summed E-state index contributed by atoms with van der Waals surface area (Å²) in [6, 6.07) is 12.6. The molecule has 10 heteroatoms. The number of carbonyl (C=O) groups is 2. The van der Waals surface area contributed by atoms with Gasteiger partial charge in [0, 0.05) is 24.3 Å². The molecule has 2 aromatic carbocycles. The fraction of sp³-hybridized carbons (Fsp3) is 0.222. The van der Waals surface area contributed by atoms with Gasteiger partial charge in [0.05, 0.1) is 4.90 Å². The summed E-state index contributed by atoms with van der Waals surface area (Å²) in [6.07, 6.45) is 0. The van der Waals surface area contributed by atoms with Gasteiger partial charge in [0.25, 0.3) is 5.91 Å². The predicted octanol–water partition coefficient (Wildman–Crippen LogP) is 2.26. The number of anilines is 1. The van der Waals surface area contributed by atoms with E-state index in [4.69, 9.17) is 9.47 Å². The maximum atomic E-state index is 12.0. The largest absolute Gasteiger partial charge is 0.482 e. The van der Waals surface area contributed by atoms with Crippen molar-refractivity contribution in [3.63, 3.8) is 0 Å².